The normalized spacial score (nSPS) is 13.1. The van der Waals surface area contributed by atoms with Gasteiger partial charge in [0.25, 0.3) is 0 Å². The highest BCUT2D eigenvalue weighted by molar-refractivity contribution is 4.48. The zero-order valence-electron chi connectivity index (χ0n) is 9.50. The van der Waals surface area contributed by atoms with Gasteiger partial charge in [0.1, 0.15) is 6.23 Å². The summed E-state index contributed by atoms with van der Waals surface area (Å²) in [4.78, 5) is 0. The Kier molecular flexibility index (Phi) is 10.9. The highest BCUT2D eigenvalue weighted by atomic mass is 16.5. The average molecular weight is 202 g/mol. The number of rotatable bonds is 10. The molecule has 0 aromatic heterocycles. The molecule has 0 aromatic rings. The summed E-state index contributed by atoms with van der Waals surface area (Å²) < 4.78 is 5.27. The molecule has 0 aromatic carbocycles. The topological polar surface area (TPSA) is 61.3 Å². The maximum atomic E-state index is 5.51. The Balaban J connectivity index is 2.92. The van der Waals surface area contributed by atoms with Crippen LogP contribution in [0.1, 0.15) is 51.9 Å². The molecule has 0 saturated heterocycles. The van der Waals surface area contributed by atoms with Gasteiger partial charge in [-0.3, -0.25) is 0 Å². The molecular weight excluding hydrogens is 176 g/mol. The molecule has 4 N–H and O–H groups in total. The number of nitrogens with two attached hydrogens (primary N) is 2. The molecule has 3 nitrogen and oxygen atoms in total. The molecule has 1 unspecified atom stereocenters. The van der Waals surface area contributed by atoms with E-state index in [0.717, 1.165) is 13.0 Å². The first-order valence-corrected chi connectivity index (χ1v) is 5.88. The summed E-state index contributed by atoms with van der Waals surface area (Å²) in [5, 5.41) is 0. The van der Waals surface area contributed by atoms with Gasteiger partial charge in [-0.1, -0.05) is 45.4 Å². The van der Waals surface area contributed by atoms with Crippen molar-refractivity contribution in [2.24, 2.45) is 11.5 Å². The Labute approximate surface area is 88.2 Å². The van der Waals surface area contributed by atoms with Crippen LogP contribution < -0.4 is 11.5 Å². The van der Waals surface area contributed by atoms with Crippen LogP contribution in [0.3, 0.4) is 0 Å². The Bertz CT molecular complexity index is 109. The van der Waals surface area contributed by atoms with E-state index in [-0.39, 0.29) is 6.23 Å². The molecule has 0 aliphatic carbocycles. The molecule has 0 aliphatic rings. The summed E-state index contributed by atoms with van der Waals surface area (Å²) in [5.41, 5.74) is 10.8. The first-order chi connectivity index (χ1) is 6.81. The van der Waals surface area contributed by atoms with Crippen LogP contribution in [0.25, 0.3) is 0 Å². The van der Waals surface area contributed by atoms with Crippen molar-refractivity contribution in [3.05, 3.63) is 0 Å². The molecule has 0 rings (SSSR count). The summed E-state index contributed by atoms with van der Waals surface area (Å²) in [5.74, 6) is 0. The van der Waals surface area contributed by atoms with E-state index in [1.807, 2.05) is 0 Å². The van der Waals surface area contributed by atoms with Crippen molar-refractivity contribution in [1.29, 1.82) is 0 Å². The second-order valence-electron chi connectivity index (χ2n) is 3.77. The van der Waals surface area contributed by atoms with Crippen LogP contribution in [0.4, 0.5) is 0 Å². The molecule has 0 bridgehead atoms. The van der Waals surface area contributed by atoms with Gasteiger partial charge in [0.15, 0.2) is 0 Å². The largest absolute Gasteiger partial charge is 0.362 e. The first-order valence-electron chi connectivity index (χ1n) is 5.88. The van der Waals surface area contributed by atoms with Crippen molar-refractivity contribution in [2.45, 2.75) is 58.1 Å². The van der Waals surface area contributed by atoms with Crippen LogP contribution >= 0.6 is 0 Å². The van der Waals surface area contributed by atoms with Crippen molar-refractivity contribution in [3.63, 3.8) is 0 Å². The third-order valence-corrected chi connectivity index (χ3v) is 2.31. The second kappa shape index (κ2) is 11.0. The van der Waals surface area contributed by atoms with Crippen molar-refractivity contribution in [2.75, 3.05) is 13.2 Å². The molecule has 1 atom stereocenters. The maximum absolute atomic E-state index is 5.51. The van der Waals surface area contributed by atoms with Gasteiger partial charge in [-0.25, -0.2) is 0 Å². The van der Waals surface area contributed by atoms with Gasteiger partial charge in [0.05, 0.1) is 0 Å². The highest BCUT2D eigenvalue weighted by Gasteiger charge is 1.97. The standard InChI is InChI=1S/C11H26N2O/c1-2-3-4-5-6-7-8-9-14-11(13)10-12/h11H,2-10,12-13H2,1H3. The van der Waals surface area contributed by atoms with Gasteiger partial charge in [-0.15, -0.1) is 0 Å². The lowest BCUT2D eigenvalue weighted by atomic mass is 10.1. The van der Waals surface area contributed by atoms with Gasteiger partial charge in [0, 0.05) is 13.2 Å². The minimum atomic E-state index is -0.268. The zero-order chi connectivity index (χ0) is 10.6. The fourth-order valence-electron chi connectivity index (χ4n) is 1.36. The number of ether oxygens (including phenoxy) is 1. The van der Waals surface area contributed by atoms with Crippen LogP contribution in [0.2, 0.25) is 0 Å². The number of hydrogen-bond acceptors (Lipinski definition) is 3. The fourth-order valence-corrected chi connectivity index (χ4v) is 1.36. The van der Waals surface area contributed by atoms with E-state index in [0.29, 0.717) is 6.54 Å². The van der Waals surface area contributed by atoms with Gasteiger partial charge in [0.2, 0.25) is 0 Å². The molecule has 0 aliphatic heterocycles. The quantitative estimate of drug-likeness (QED) is 0.421. The molecule has 86 valence electrons. The van der Waals surface area contributed by atoms with E-state index >= 15 is 0 Å². The van der Waals surface area contributed by atoms with Crippen molar-refractivity contribution < 1.29 is 4.74 Å². The molecule has 0 amide bonds. The third-order valence-electron chi connectivity index (χ3n) is 2.31. The Morgan fingerprint density at radius 3 is 2.14 bits per heavy atom. The van der Waals surface area contributed by atoms with Crippen molar-refractivity contribution >= 4 is 0 Å². The maximum Gasteiger partial charge on any atom is 0.118 e. The van der Waals surface area contributed by atoms with E-state index in [1.165, 1.54) is 38.5 Å². The van der Waals surface area contributed by atoms with Crippen LogP contribution in [0.15, 0.2) is 0 Å². The van der Waals surface area contributed by atoms with Gasteiger partial charge in [-0.05, 0) is 6.42 Å². The lowest BCUT2D eigenvalue weighted by Crippen LogP contribution is -2.32. The van der Waals surface area contributed by atoms with E-state index in [1.54, 1.807) is 0 Å². The second-order valence-corrected chi connectivity index (χ2v) is 3.77. The molecule has 14 heavy (non-hydrogen) atoms. The smallest absolute Gasteiger partial charge is 0.118 e. The molecule has 0 saturated carbocycles. The van der Waals surface area contributed by atoms with E-state index < -0.39 is 0 Å². The van der Waals surface area contributed by atoms with E-state index in [2.05, 4.69) is 6.92 Å². The minimum absolute atomic E-state index is 0.268. The van der Waals surface area contributed by atoms with Gasteiger partial charge >= 0.3 is 0 Å². The van der Waals surface area contributed by atoms with Gasteiger partial charge in [-0.2, -0.15) is 0 Å². The van der Waals surface area contributed by atoms with E-state index in [9.17, 15) is 0 Å². The first kappa shape index (κ1) is 13.9. The molecule has 0 spiro atoms. The summed E-state index contributed by atoms with van der Waals surface area (Å²) in [6.45, 7) is 3.41. The summed E-state index contributed by atoms with van der Waals surface area (Å²) in [6, 6.07) is 0. The highest BCUT2D eigenvalue weighted by Crippen LogP contribution is 2.06. The lowest BCUT2D eigenvalue weighted by molar-refractivity contribution is 0.0608. The molecule has 0 radical (unpaired) electrons. The predicted molar refractivity (Wildman–Crippen MR) is 61.0 cm³/mol. The Morgan fingerprint density at radius 2 is 1.57 bits per heavy atom. The molecule has 3 heteroatoms. The van der Waals surface area contributed by atoms with E-state index in [4.69, 9.17) is 16.2 Å². The van der Waals surface area contributed by atoms with Crippen LogP contribution in [-0.2, 0) is 4.74 Å². The predicted octanol–water partition coefficient (Wildman–Crippen LogP) is 2.00. The van der Waals surface area contributed by atoms with Gasteiger partial charge < -0.3 is 16.2 Å². The lowest BCUT2D eigenvalue weighted by Gasteiger charge is -2.09. The number of unbranched alkanes of at least 4 members (excludes halogenated alkanes) is 6. The molecule has 0 heterocycles. The van der Waals surface area contributed by atoms with Crippen molar-refractivity contribution in [3.8, 4) is 0 Å². The summed E-state index contributed by atoms with van der Waals surface area (Å²) in [6.07, 6.45) is 8.83. The van der Waals surface area contributed by atoms with Crippen LogP contribution in [0.5, 0.6) is 0 Å². The third kappa shape index (κ3) is 9.96. The monoisotopic (exact) mass is 202 g/mol. The Hall–Kier alpha value is -0.120. The minimum Gasteiger partial charge on any atom is -0.362 e. The Morgan fingerprint density at radius 1 is 1.00 bits per heavy atom. The molecule has 0 fully saturated rings. The van der Waals surface area contributed by atoms with Crippen LogP contribution in [-0.4, -0.2) is 19.4 Å². The summed E-state index contributed by atoms with van der Waals surface area (Å²) in [7, 11) is 0. The SMILES string of the molecule is CCCCCCCCCOC(N)CN. The average Bonchev–Trinajstić information content (AvgIpc) is 2.21. The summed E-state index contributed by atoms with van der Waals surface area (Å²) >= 11 is 0. The molecular formula is C11H26N2O. The zero-order valence-corrected chi connectivity index (χ0v) is 9.50. The fraction of sp³-hybridized carbons (Fsp3) is 1.00. The van der Waals surface area contributed by atoms with Crippen LogP contribution in [0, 0.1) is 0 Å². The number of hydrogen-bond donors (Lipinski definition) is 2. The van der Waals surface area contributed by atoms with Crippen molar-refractivity contribution in [1.82, 2.24) is 0 Å².